The van der Waals surface area contributed by atoms with Gasteiger partial charge in [0.05, 0.1) is 7.11 Å². The second kappa shape index (κ2) is 5.60. The fourth-order valence-electron chi connectivity index (χ4n) is 1.80. The molecule has 2 aromatic rings. The molecule has 0 unspecified atom stereocenters. The Labute approximate surface area is 106 Å². The summed E-state index contributed by atoms with van der Waals surface area (Å²) in [6.45, 7) is 0.704. The van der Waals surface area contributed by atoms with Gasteiger partial charge in [-0.05, 0) is 36.4 Å². The topological polar surface area (TPSA) is 34.2 Å². The SMILES string of the molecule is CNCc1ccc(F)c(-c2ccnc(OC)c2)c1. The van der Waals surface area contributed by atoms with Gasteiger partial charge in [-0.3, -0.25) is 0 Å². The van der Waals surface area contributed by atoms with E-state index in [0.717, 1.165) is 11.1 Å². The summed E-state index contributed by atoms with van der Waals surface area (Å²) < 4.78 is 18.9. The Bertz CT molecular complexity index is 543. The summed E-state index contributed by atoms with van der Waals surface area (Å²) in [6, 6.07) is 8.58. The second-order valence-electron chi connectivity index (χ2n) is 3.93. The van der Waals surface area contributed by atoms with Gasteiger partial charge >= 0.3 is 0 Å². The van der Waals surface area contributed by atoms with Crippen molar-refractivity contribution in [3.63, 3.8) is 0 Å². The number of halogens is 1. The van der Waals surface area contributed by atoms with Crippen LogP contribution in [0.2, 0.25) is 0 Å². The number of aromatic nitrogens is 1. The van der Waals surface area contributed by atoms with Crippen LogP contribution in [0.4, 0.5) is 4.39 Å². The first-order valence-corrected chi connectivity index (χ1v) is 5.68. The van der Waals surface area contributed by atoms with Crippen LogP contribution in [-0.2, 0) is 6.54 Å². The van der Waals surface area contributed by atoms with Gasteiger partial charge in [0.15, 0.2) is 0 Å². The Morgan fingerprint density at radius 2 is 2.11 bits per heavy atom. The highest BCUT2D eigenvalue weighted by Crippen LogP contribution is 2.26. The summed E-state index contributed by atoms with van der Waals surface area (Å²) in [5.74, 6) is 0.231. The van der Waals surface area contributed by atoms with E-state index in [1.165, 1.54) is 6.07 Å². The van der Waals surface area contributed by atoms with Gasteiger partial charge in [-0.25, -0.2) is 9.37 Å². The van der Waals surface area contributed by atoms with E-state index in [2.05, 4.69) is 10.3 Å². The lowest BCUT2D eigenvalue weighted by Crippen LogP contribution is -2.05. The maximum atomic E-state index is 13.8. The van der Waals surface area contributed by atoms with Crippen molar-refractivity contribution in [1.82, 2.24) is 10.3 Å². The molecule has 4 heteroatoms. The standard InChI is InChI=1S/C14H15FN2O/c1-16-9-10-3-4-13(15)12(7-10)11-5-6-17-14(8-11)18-2/h3-8,16H,9H2,1-2H3. The molecule has 0 spiro atoms. The molecule has 1 aromatic heterocycles. The zero-order valence-electron chi connectivity index (χ0n) is 10.4. The first kappa shape index (κ1) is 12.5. The molecule has 3 nitrogen and oxygen atoms in total. The summed E-state index contributed by atoms with van der Waals surface area (Å²) in [7, 11) is 3.40. The Morgan fingerprint density at radius 1 is 1.28 bits per heavy atom. The van der Waals surface area contributed by atoms with Crippen molar-refractivity contribution >= 4 is 0 Å². The lowest BCUT2D eigenvalue weighted by Gasteiger charge is -2.08. The summed E-state index contributed by atoms with van der Waals surface area (Å²) in [5.41, 5.74) is 2.35. The zero-order chi connectivity index (χ0) is 13.0. The maximum absolute atomic E-state index is 13.8. The van der Waals surface area contributed by atoms with Crippen molar-refractivity contribution in [2.45, 2.75) is 6.54 Å². The predicted octanol–water partition coefficient (Wildman–Crippen LogP) is 2.62. The number of hydrogen-bond donors (Lipinski definition) is 1. The minimum atomic E-state index is -0.247. The van der Waals surface area contributed by atoms with Crippen molar-refractivity contribution in [1.29, 1.82) is 0 Å². The number of ether oxygens (including phenoxy) is 1. The molecule has 2 rings (SSSR count). The molecule has 1 heterocycles. The van der Waals surface area contributed by atoms with E-state index in [4.69, 9.17) is 4.74 Å². The van der Waals surface area contributed by atoms with Gasteiger partial charge in [0.1, 0.15) is 5.82 Å². The number of hydrogen-bond acceptors (Lipinski definition) is 3. The number of nitrogens with zero attached hydrogens (tertiary/aromatic N) is 1. The number of pyridine rings is 1. The maximum Gasteiger partial charge on any atom is 0.213 e. The van der Waals surface area contributed by atoms with Gasteiger partial charge < -0.3 is 10.1 Å². The average molecular weight is 246 g/mol. The molecular formula is C14H15FN2O. The molecule has 18 heavy (non-hydrogen) atoms. The van der Waals surface area contributed by atoms with Crippen molar-refractivity contribution in [2.75, 3.05) is 14.2 Å². The predicted molar refractivity (Wildman–Crippen MR) is 68.9 cm³/mol. The number of methoxy groups -OCH3 is 1. The van der Waals surface area contributed by atoms with E-state index in [0.29, 0.717) is 18.0 Å². The average Bonchev–Trinajstić information content (AvgIpc) is 2.41. The van der Waals surface area contributed by atoms with Crippen molar-refractivity contribution < 1.29 is 9.13 Å². The molecule has 0 aliphatic rings. The van der Waals surface area contributed by atoms with Crippen LogP contribution >= 0.6 is 0 Å². The van der Waals surface area contributed by atoms with Crippen molar-refractivity contribution in [3.05, 3.63) is 47.9 Å². The van der Waals surface area contributed by atoms with E-state index in [1.54, 1.807) is 31.5 Å². The first-order chi connectivity index (χ1) is 8.74. The van der Waals surface area contributed by atoms with Crippen LogP contribution in [0.5, 0.6) is 5.88 Å². The highest BCUT2D eigenvalue weighted by molar-refractivity contribution is 5.65. The third kappa shape index (κ3) is 2.65. The first-order valence-electron chi connectivity index (χ1n) is 5.68. The third-order valence-corrected chi connectivity index (χ3v) is 2.67. The quantitative estimate of drug-likeness (QED) is 0.900. The fraction of sp³-hybridized carbons (Fsp3) is 0.214. The lowest BCUT2D eigenvalue weighted by atomic mass is 10.0. The van der Waals surface area contributed by atoms with Gasteiger partial charge in [0.25, 0.3) is 0 Å². The molecule has 0 amide bonds. The van der Waals surface area contributed by atoms with Crippen LogP contribution in [0, 0.1) is 5.82 Å². The molecule has 1 aromatic carbocycles. The minimum absolute atomic E-state index is 0.247. The molecular weight excluding hydrogens is 231 g/mol. The Hall–Kier alpha value is -1.94. The van der Waals surface area contributed by atoms with Crippen molar-refractivity contribution in [3.8, 4) is 17.0 Å². The Morgan fingerprint density at radius 3 is 2.83 bits per heavy atom. The van der Waals surface area contributed by atoms with Gasteiger partial charge in [-0.2, -0.15) is 0 Å². The Kier molecular flexibility index (Phi) is 3.89. The molecule has 0 saturated heterocycles. The number of rotatable bonds is 4. The summed E-state index contributed by atoms with van der Waals surface area (Å²) in [6.07, 6.45) is 1.61. The molecule has 94 valence electrons. The molecule has 0 fully saturated rings. The molecule has 0 saturated carbocycles. The van der Waals surface area contributed by atoms with Gasteiger partial charge in [0, 0.05) is 24.4 Å². The van der Waals surface area contributed by atoms with Gasteiger partial charge in [0.2, 0.25) is 5.88 Å². The van der Waals surface area contributed by atoms with E-state index >= 15 is 0 Å². The third-order valence-electron chi connectivity index (χ3n) is 2.67. The molecule has 1 N–H and O–H groups in total. The van der Waals surface area contributed by atoms with Gasteiger partial charge in [-0.1, -0.05) is 6.07 Å². The van der Waals surface area contributed by atoms with Crippen LogP contribution in [0.3, 0.4) is 0 Å². The van der Waals surface area contributed by atoms with Crippen LogP contribution in [-0.4, -0.2) is 19.1 Å². The summed E-state index contributed by atoms with van der Waals surface area (Å²) in [5, 5.41) is 3.05. The van der Waals surface area contributed by atoms with Crippen molar-refractivity contribution in [2.24, 2.45) is 0 Å². The van der Waals surface area contributed by atoms with Crippen LogP contribution in [0.25, 0.3) is 11.1 Å². The second-order valence-corrected chi connectivity index (χ2v) is 3.93. The van der Waals surface area contributed by atoms with Crippen LogP contribution in [0.1, 0.15) is 5.56 Å². The number of benzene rings is 1. The molecule has 0 aliphatic heterocycles. The minimum Gasteiger partial charge on any atom is -0.481 e. The fourth-order valence-corrected chi connectivity index (χ4v) is 1.80. The monoisotopic (exact) mass is 246 g/mol. The highest BCUT2D eigenvalue weighted by atomic mass is 19.1. The van der Waals surface area contributed by atoms with Crippen LogP contribution in [0.15, 0.2) is 36.5 Å². The summed E-state index contributed by atoms with van der Waals surface area (Å²) >= 11 is 0. The van der Waals surface area contributed by atoms with E-state index in [-0.39, 0.29) is 5.82 Å². The van der Waals surface area contributed by atoms with Gasteiger partial charge in [-0.15, -0.1) is 0 Å². The van der Waals surface area contributed by atoms with E-state index in [1.807, 2.05) is 13.1 Å². The largest absolute Gasteiger partial charge is 0.481 e. The lowest BCUT2D eigenvalue weighted by molar-refractivity contribution is 0.398. The molecule has 0 aliphatic carbocycles. The number of nitrogens with one attached hydrogen (secondary N) is 1. The van der Waals surface area contributed by atoms with E-state index in [9.17, 15) is 4.39 Å². The smallest absolute Gasteiger partial charge is 0.213 e. The molecule has 0 bridgehead atoms. The summed E-state index contributed by atoms with van der Waals surface area (Å²) in [4.78, 5) is 4.01. The van der Waals surface area contributed by atoms with Crippen LogP contribution < -0.4 is 10.1 Å². The zero-order valence-corrected chi connectivity index (χ0v) is 10.4. The Balaban J connectivity index is 2.44. The highest BCUT2D eigenvalue weighted by Gasteiger charge is 2.07. The normalized spacial score (nSPS) is 10.4. The molecule has 0 atom stereocenters. The molecule has 0 radical (unpaired) electrons. The van der Waals surface area contributed by atoms with E-state index < -0.39 is 0 Å².